The summed E-state index contributed by atoms with van der Waals surface area (Å²) in [5.41, 5.74) is 0.453. The monoisotopic (exact) mass is 567 g/mol. The van der Waals surface area contributed by atoms with Crippen LogP contribution in [0.5, 0.6) is 5.88 Å². The number of carboxylic acids is 2. The van der Waals surface area contributed by atoms with E-state index in [-0.39, 0.29) is 17.4 Å². The van der Waals surface area contributed by atoms with Crippen LogP contribution < -0.4 is 4.74 Å². The van der Waals surface area contributed by atoms with Crippen molar-refractivity contribution in [3.63, 3.8) is 0 Å². The Morgan fingerprint density at radius 1 is 1.03 bits per heavy atom. The quantitative estimate of drug-likeness (QED) is 0.532. The Hall–Kier alpha value is -3.95. The van der Waals surface area contributed by atoms with Gasteiger partial charge < -0.3 is 24.6 Å². The maximum absolute atomic E-state index is 12.8. The molecule has 2 aliphatic heterocycles. The van der Waals surface area contributed by atoms with Crippen LogP contribution in [0.15, 0.2) is 48.9 Å². The fourth-order valence-electron chi connectivity index (χ4n) is 3.75. The van der Waals surface area contributed by atoms with E-state index in [4.69, 9.17) is 29.3 Å². The highest BCUT2D eigenvalue weighted by molar-refractivity contribution is 5.94. The van der Waals surface area contributed by atoms with Crippen molar-refractivity contribution >= 4 is 17.8 Å². The smallest absolute Gasteiger partial charge is 0.477 e. The molecule has 4 heterocycles. The second-order valence-corrected chi connectivity index (χ2v) is 8.29. The number of carbonyl (C=O) groups is 3. The summed E-state index contributed by atoms with van der Waals surface area (Å²) in [6.45, 7) is 2.55. The highest BCUT2D eigenvalue weighted by Gasteiger charge is 2.49. The summed E-state index contributed by atoms with van der Waals surface area (Å²) in [5.74, 6) is -4.88. The topological polar surface area (TPSA) is 139 Å². The Balaban J connectivity index is 0.000000317. The van der Waals surface area contributed by atoms with Gasteiger partial charge in [-0.3, -0.25) is 9.78 Å². The molecule has 0 bridgehead atoms. The maximum Gasteiger partial charge on any atom is 0.490 e. The van der Waals surface area contributed by atoms with E-state index in [1.54, 1.807) is 24.7 Å². The zero-order valence-corrected chi connectivity index (χ0v) is 20.0. The normalized spacial score (nSPS) is 20.4. The molecule has 2 atom stereocenters. The molecule has 2 N–H and O–H groups in total. The molecule has 0 radical (unpaired) electrons. The van der Waals surface area contributed by atoms with Crippen molar-refractivity contribution in [2.45, 2.75) is 31.3 Å². The van der Waals surface area contributed by atoms with Gasteiger partial charge in [-0.25, -0.2) is 14.6 Å². The number of piperidine rings is 1. The number of carboxylic acid groups (broad SMARTS) is 2. The molecule has 0 spiro atoms. The molecule has 2 fully saturated rings. The average Bonchev–Trinajstić information content (AvgIpc) is 3.31. The molecule has 0 unspecified atom stereocenters. The fraction of sp³-hybridized carbons (Fsp3) is 0.435. The molecule has 1 amide bonds. The molecular weight excluding hydrogens is 544 g/mol. The standard InChI is InChI=1S/C19H21N3O3.2C2HF3O2/c23-18(15-4-3-8-20-12-15)22-10-6-16-19(13-22,7-11-24-16)14-25-17-5-1-2-9-21-17;2*3-2(4,5)1(6)7/h1-5,8-9,12,16H,6-7,10-11,13-14H2;2*(H,6,7)/t16-,19+;;/m1../s1. The summed E-state index contributed by atoms with van der Waals surface area (Å²) >= 11 is 0. The number of halogens is 6. The Bertz CT molecular complexity index is 1080. The van der Waals surface area contributed by atoms with Crippen LogP contribution in [-0.2, 0) is 14.3 Å². The third-order valence-corrected chi connectivity index (χ3v) is 5.59. The van der Waals surface area contributed by atoms with Crippen molar-refractivity contribution in [3.8, 4) is 5.88 Å². The van der Waals surface area contributed by atoms with Gasteiger partial charge in [-0.2, -0.15) is 26.3 Å². The highest BCUT2D eigenvalue weighted by Crippen LogP contribution is 2.41. The van der Waals surface area contributed by atoms with Gasteiger partial charge in [-0.05, 0) is 31.0 Å². The number of amides is 1. The lowest BCUT2D eigenvalue weighted by atomic mass is 9.77. The van der Waals surface area contributed by atoms with Crippen LogP contribution in [-0.4, -0.2) is 87.7 Å². The second kappa shape index (κ2) is 13.2. The molecule has 2 aromatic heterocycles. The van der Waals surface area contributed by atoms with Crippen LogP contribution in [0.1, 0.15) is 23.2 Å². The van der Waals surface area contributed by atoms with E-state index < -0.39 is 24.3 Å². The maximum atomic E-state index is 12.8. The Morgan fingerprint density at radius 2 is 1.67 bits per heavy atom. The number of aromatic nitrogens is 2. The largest absolute Gasteiger partial charge is 0.490 e. The van der Waals surface area contributed by atoms with Crippen molar-refractivity contribution in [2.75, 3.05) is 26.3 Å². The molecule has 39 heavy (non-hydrogen) atoms. The molecule has 214 valence electrons. The van der Waals surface area contributed by atoms with E-state index in [9.17, 15) is 31.1 Å². The number of carbonyl (C=O) groups excluding carboxylic acids is 1. The molecule has 0 aliphatic carbocycles. The summed E-state index contributed by atoms with van der Waals surface area (Å²) < 4.78 is 75.3. The zero-order chi connectivity index (χ0) is 29.3. The Labute approximate surface area is 217 Å². The van der Waals surface area contributed by atoms with E-state index in [1.807, 2.05) is 29.2 Å². The number of aliphatic carboxylic acids is 2. The van der Waals surface area contributed by atoms with Crippen LogP contribution in [0.3, 0.4) is 0 Å². The average molecular weight is 567 g/mol. The Kier molecular flexibility index (Phi) is 10.6. The van der Waals surface area contributed by atoms with E-state index in [1.165, 1.54) is 0 Å². The molecule has 2 aliphatic rings. The summed E-state index contributed by atoms with van der Waals surface area (Å²) in [6.07, 6.45) is -3.30. The van der Waals surface area contributed by atoms with Gasteiger partial charge >= 0.3 is 24.3 Å². The number of likely N-dealkylation sites (tertiary alicyclic amines) is 1. The van der Waals surface area contributed by atoms with Gasteiger partial charge in [0.05, 0.1) is 23.7 Å². The van der Waals surface area contributed by atoms with E-state index in [0.29, 0.717) is 37.7 Å². The molecule has 2 saturated heterocycles. The predicted molar refractivity (Wildman–Crippen MR) is 119 cm³/mol. The number of rotatable bonds is 4. The summed E-state index contributed by atoms with van der Waals surface area (Å²) in [5, 5.41) is 14.2. The van der Waals surface area contributed by atoms with Crippen molar-refractivity contribution in [1.82, 2.24) is 14.9 Å². The van der Waals surface area contributed by atoms with Gasteiger partial charge in [0, 0.05) is 44.4 Å². The summed E-state index contributed by atoms with van der Waals surface area (Å²) in [4.78, 5) is 40.8. The zero-order valence-electron chi connectivity index (χ0n) is 20.0. The minimum Gasteiger partial charge on any atom is -0.477 e. The lowest BCUT2D eigenvalue weighted by Gasteiger charge is -2.43. The SMILES string of the molecule is O=C(O)C(F)(F)F.O=C(O)C(F)(F)F.O=C(c1cccnc1)N1CC[C@H]2OCC[C@@]2(COc2ccccn2)C1. The first-order valence-corrected chi connectivity index (χ1v) is 11.1. The van der Waals surface area contributed by atoms with Crippen molar-refractivity contribution in [3.05, 3.63) is 54.5 Å². The lowest BCUT2D eigenvalue weighted by Crippen LogP contribution is -2.54. The van der Waals surface area contributed by atoms with Gasteiger partial charge in [0.15, 0.2) is 0 Å². The van der Waals surface area contributed by atoms with Crippen molar-refractivity contribution in [2.24, 2.45) is 5.41 Å². The number of hydrogen-bond donors (Lipinski definition) is 2. The first-order valence-electron chi connectivity index (χ1n) is 11.1. The van der Waals surface area contributed by atoms with Gasteiger partial charge in [-0.1, -0.05) is 6.07 Å². The number of pyridine rings is 2. The van der Waals surface area contributed by atoms with Crippen LogP contribution in [0.2, 0.25) is 0 Å². The summed E-state index contributed by atoms with van der Waals surface area (Å²) in [6, 6.07) is 9.22. The lowest BCUT2D eigenvalue weighted by molar-refractivity contribution is -0.193. The van der Waals surface area contributed by atoms with Gasteiger partial charge in [0.1, 0.15) is 0 Å². The number of ether oxygens (including phenoxy) is 2. The minimum absolute atomic E-state index is 0.0238. The van der Waals surface area contributed by atoms with Crippen LogP contribution in [0.25, 0.3) is 0 Å². The molecule has 2 aromatic rings. The first kappa shape index (κ1) is 31.3. The third-order valence-electron chi connectivity index (χ3n) is 5.59. The second-order valence-electron chi connectivity index (χ2n) is 8.29. The first-order chi connectivity index (χ1) is 18.2. The fourth-order valence-corrected chi connectivity index (χ4v) is 3.75. The van der Waals surface area contributed by atoms with Gasteiger partial charge in [-0.15, -0.1) is 0 Å². The van der Waals surface area contributed by atoms with Gasteiger partial charge in [0.25, 0.3) is 5.91 Å². The minimum atomic E-state index is -5.08. The van der Waals surface area contributed by atoms with Crippen LogP contribution in [0, 0.1) is 5.41 Å². The number of hydrogen-bond acceptors (Lipinski definition) is 7. The molecule has 10 nitrogen and oxygen atoms in total. The molecule has 4 rings (SSSR count). The summed E-state index contributed by atoms with van der Waals surface area (Å²) in [7, 11) is 0. The van der Waals surface area contributed by atoms with E-state index in [0.717, 1.165) is 12.8 Å². The molecule has 0 saturated carbocycles. The number of alkyl halides is 6. The third kappa shape index (κ3) is 9.38. The number of fused-ring (bicyclic) bond motifs is 1. The molecule has 0 aromatic carbocycles. The highest BCUT2D eigenvalue weighted by atomic mass is 19.4. The van der Waals surface area contributed by atoms with Gasteiger partial charge in [0.2, 0.25) is 5.88 Å². The molecular formula is C23H23F6N3O7. The van der Waals surface area contributed by atoms with Crippen molar-refractivity contribution in [1.29, 1.82) is 0 Å². The van der Waals surface area contributed by atoms with E-state index >= 15 is 0 Å². The molecule has 16 heteroatoms. The van der Waals surface area contributed by atoms with Crippen molar-refractivity contribution < 1.29 is 60.4 Å². The van der Waals surface area contributed by atoms with E-state index in [2.05, 4.69) is 9.97 Å². The van der Waals surface area contributed by atoms with Crippen LogP contribution >= 0.6 is 0 Å². The predicted octanol–water partition coefficient (Wildman–Crippen LogP) is 3.44. The van der Waals surface area contributed by atoms with Crippen LogP contribution in [0.4, 0.5) is 26.3 Å². The number of nitrogens with zero attached hydrogens (tertiary/aromatic N) is 3. The Morgan fingerprint density at radius 3 is 2.18 bits per heavy atom.